The highest BCUT2D eigenvalue weighted by Crippen LogP contribution is 2.30. The van der Waals surface area contributed by atoms with Crippen LogP contribution in [-0.2, 0) is 5.75 Å². The van der Waals surface area contributed by atoms with E-state index in [9.17, 15) is 4.79 Å². The molecule has 3 aromatic rings. The van der Waals surface area contributed by atoms with E-state index in [4.69, 9.17) is 16.3 Å². The summed E-state index contributed by atoms with van der Waals surface area (Å²) in [6.45, 7) is 2.50. The number of hydrogen-bond donors (Lipinski definition) is 1. The van der Waals surface area contributed by atoms with E-state index in [0.717, 1.165) is 20.7 Å². The van der Waals surface area contributed by atoms with Crippen molar-refractivity contribution in [1.29, 1.82) is 0 Å². The largest absolute Gasteiger partial charge is 0.494 e. The molecule has 1 aromatic heterocycles. The van der Waals surface area contributed by atoms with Crippen LogP contribution in [0.15, 0.2) is 52.9 Å². The minimum Gasteiger partial charge on any atom is -0.494 e. The summed E-state index contributed by atoms with van der Waals surface area (Å²) in [5.41, 5.74) is 1.57. The molecule has 1 amide bonds. The maximum Gasteiger partial charge on any atom is 0.257 e. The first kappa shape index (κ1) is 18.7. The Hall–Kier alpha value is -2.09. The van der Waals surface area contributed by atoms with Gasteiger partial charge in [0.1, 0.15) is 5.75 Å². The van der Waals surface area contributed by atoms with Gasteiger partial charge in [0.15, 0.2) is 4.34 Å². The van der Waals surface area contributed by atoms with Crippen LogP contribution in [0.3, 0.4) is 0 Å². The van der Waals surface area contributed by atoms with Crippen molar-refractivity contribution in [2.24, 2.45) is 0 Å². The fourth-order valence-corrected chi connectivity index (χ4v) is 4.14. The van der Waals surface area contributed by atoms with Crippen LogP contribution >= 0.6 is 34.7 Å². The average Bonchev–Trinajstić information content (AvgIpc) is 3.09. The van der Waals surface area contributed by atoms with Crippen molar-refractivity contribution in [3.8, 4) is 5.75 Å². The third kappa shape index (κ3) is 4.97. The van der Waals surface area contributed by atoms with Crippen molar-refractivity contribution >= 4 is 45.7 Å². The summed E-state index contributed by atoms with van der Waals surface area (Å²) < 4.78 is 6.14. The van der Waals surface area contributed by atoms with Crippen molar-refractivity contribution < 1.29 is 9.53 Å². The first-order valence-corrected chi connectivity index (χ1v) is 10.1. The molecule has 0 unspecified atom stereocenters. The zero-order valence-electron chi connectivity index (χ0n) is 13.9. The number of nitrogens with zero attached hydrogens (tertiary/aromatic N) is 2. The van der Waals surface area contributed by atoms with Crippen molar-refractivity contribution in [1.82, 2.24) is 10.2 Å². The summed E-state index contributed by atoms with van der Waals surface area (Å²) >= 11 is 9.02. The van der Waals surface area contributed by atoms with E-state index in [1.165, 1.54) is 23.1 Å². The van der Waals surface area contributed by atoms with E-state index < -0.39 is 0 Å². The summed E-state index contributed by atoms with van der Waals surface area (Å²) in [6.07, 6.45) is 0. The fraction of sp³-hybridized carbons (Fsp3) is 0.167. The molecule has 134 valence electrons. The highest BCUT2D eigenvalue weighted by molar-refractivity contribution is 8.00. The number of rotatable bonds is 7. The summed E-state index contributed by atoms with van der Waals surface area (Å²) in [6, 6.07) is 14.7. The molecule has 26 heavy (non-hydrogen) atoms. The van der Waals surface area contributed by atoms with Crippen LogP contribution in [0.4, 0.5) is 5.13 Å². The molecule has 3 rings (SSSR count). The average molecular weight is 406 g/mol. The topological polar surface area (TPSA) is 64.1 Å². The summed E-state index contributed by atoms with van der Waals surface area (Å²) in [5.74, 6) is 1.20. The molecule has 0 fully saturated rings. The van der Waals surface area contributed by atoms with Crippen LogP contribution in [0.1, 0.15) is 22.8 Å². The Labute approximate surface area is 164 Å². The van der Waals surface area contributed by atoms with Crippen LogP contribution < -0.4 is 10.1 Å². The van der Waals surface area contributed by atoms with Gasteiger partial charge < -0.3 is 4.74 Å². The molecule has 0 spiro atoms. The van der Waals surface area contributed by atoms with Gasteiger partial charge in [-0.05, 0) is 42.8 Å². The molecular formula is C18H16ClN3O2S2. The summed E-state index contributed by atoms with van der Waals surface area (Å²) in [7, 11) is 0. The highest BCUT2D eigenvalue weighted by Gasteiger charge is 2.11. The molecule has 0 aliphatic heterocycles. The van der Waals surface area contributed by atoms with Gasteiger partial charge in [-0.2, -0.15) is 0 Å². The molecule has 0 radical (unpaired) electrons. The molecule has 0 bridgehead atoms. The predicted octanol–water partition coefficient (Wildman–Crippen LogP) is 5.13. The smallest absolute Gasteiger partial charge is 0.257 e. The molecule has 1 N–H and O–H groups in total. The van der Waals surface area contributed by atoms with E-state index in [2.05, 4.69) is 15.5 Å². The minimum atomic E-state index is -0.230. The van der Waals surface area contributed by atoms with E-state index in [1.807, 2.05) is 31.2 Å². The zero-order valence-corrected chi connectivity index (χ0v) is 16.3. The van der Waals surface area contributed by atoms with Crippen molar-refractivity contribution in [3.63, 3.8) is 0 Å². The number of amides is 1. The number of ether oxygens (including phenoxy) is 1. The molecule has 8 heteroatoms. The number of anilines is 1. The second kappa shape index (κ2) is 9.02. The standard InChI is InChI=1S/C18H16ClN3O2S2/c1-2-24-14-9-7-12(8-10-14)16(23)20-17-21-22-18(26-17)25-11-13-5-3-4-6-15(13)19/h3-10H,2,11H2,1H3,(H,20,21,23). The third-order valence-corrected chi connectivity index (χ3v) is 5.75. The second-order valence-corrected chi connectivity index (χ2v) is 7.77. The molecule has 5 nitrogen and oxygen atoms in total. The van der Waals surface area contributed by atoms with Crippen molar-refractivity contribution in [2.45, 2.75) is 17.0 Å². The molecular weight excluding hydrogens is 390 g/mol. The maximum atomic E-state index is 12.3. The van der Waals surface area contributed by atoms with Gasteiger partial charge in [0.25, 0.3) is 5.91 Å². The fourth-order valence-electron chi connectivity index (χ4n) is 2.11. The SMILES string of the molecule is CCOc1ccc(C(=O)Nc2nnc(SCc3ccccc3Cl)s2)cc1. The molecule has 1 heterocycles. The number of nitrogens with one attached hydrogen (secondary N) is 1. The highest BCUT2D eigenvalue weighted by atomic mass is 35.5. The number of aromatic nitrogens is 2. The normalized spacial score (nSPS) is 10.5. The Morgan fingerprint density at radius 2 is 1.96 bits per heavy atom. The van der Waals surface area contributed by atoms with Gasteiger partial charge >= 0.3 is 0 Å². The molecule has 0 atom stereocenters. The first-order chi connectivity index (χ1) is 12.7. The minimum absolute atomic E-state index is 0.230. The lowest BCUT2D eigenvalue weighted by atomic mass is 10.2. The number of hydrogen-bond acceptors (Lipinski definition) is 6. The van der Waals surface area contributed by atoms with Crippen LogP contribution in [0.2, 0.25) is 5.02 Å². The van der Waals surface area contributed by atoms with Crippen molar-refractivity contribution in [3.05, 3.63) is 64.7 Å². The number of thioether (sulfide) groups is 1. The zero-order chi connectivity index (χ0) is 18.4. The molecule has 2 aromatic carbocycles. The summed E-state index contributed by atoms with van der Waals surface area (Å²) in [4.78, 5) is 12.3. The third-order valence-electron chi connectivity index (χ3n) is 3.36. The van der Waals surface area contributed by atoms with E-state index in [0.29, 0.717) is 23.1 Å². The van der Waals surface area contributed by atoms with Crippen LogP contribution in [-0.4, -0.2) is 22.7 Å². The number of carbonyl (C=O) groups excluding carboxylic acids is 1. The molecule has 0 aliphatic rings. The Kier molecular flexibility index (Phi) is 6.49. The van der Waals surface area contributed by atoms with E-state index >= 15 is 0 Å². The van der Waals surface area contributed by atoms with Crippen LogP contribution in [0.5, 0.6) is 5.75 Å². The maximum absolute atomic E-state index is 12.3. The van der Waals surface area contributed by atoms with Gasteiger partial charge in [0.05, 0.1) is 6.61 Å². The number of halogens is 1. The van der Waals surface area contributed by atoms with Gasteiger partial charge in [-0.1, -0.05) is 52.9 Å². The van der Waals surface area contributed by atoms with Crippen molar-refractivity contribution in [2.75, 3.05) is 11.9 Å². The molecule has 0 saturated heterocycles. The second-order valence-electron chi connectivity index (χ2n) is 5.16. The first-order valence-electron chi connectivity index (χ1n) is 7.89. The number of carbonyl (C=O) groups is 1. The Morgan fingerprint density at radius 3 is 2.69 bits per heavy atom. The van der Waals surface area contributed by atoms with Gasteiger partial charge in [0.2, 0.25) is 5.13 Å². The van der Waals surface area contributed by atoms with Gasteiger partial charge in [-0.3, -0.25) is 10.1 Å². The van der Waals surface area contributed by atoms with Gasteiger partial charge in [-0.25, -0.2) is 0 Å². The summed E-state index contributed by atoms with van der Waals surface area (Å²) in [5, 5.41) is 12.1. The Balaban J connectivity index is 1.57. The number of benzene rings is 2. The lowest BCUT2D eigenvalue weighted by Gasteiger charge is -2.04. The Morgan fingerprint density at radius 1 is 1.19 bits per heavy atom. The molecule has 0 saturated carbocycles. The van der Waals surface area contributed by atoms with E-state index in [-0.39, 0.29) is 5.91 Å². The molecule has 0 aliphatic carbocycles. The Bertz CT molecular complexity index is 884. The predicted molar refractivity (Wildman–Crippen MR) is 106 cm³/mol. The van der Waals surface area contributed by atoms with E-state index in [1.54, 1.807) is 24.3 Å². The van der Waals surface area contributed by atoms with Gasteiger partial charge in [0, 0.05) is 16.3 Å². The quantitative estimate of drug-likeness (QED) is 0.435. The van der Waals surface area contributed by atoms with Gasteiger partial charge in [-0.15, -0.1) is 10.2 Å². The lowest BCUT2D eigenvalue weighted by Crippen LogP contribution is -2.11. The van der Waals surface area contributed by atoms with Crippen LogP contribution in [0.25, 0.3) is 0 Å². The lowest BCUT2D eigenvalue weighted by molar-refractivity contribution is 0.102. The van der Waals surface area contributed by atoms with Crippen LogP contribution in [0, 0.1) is 0 Å². The monoisotopic (exact) mass is 405 g/mol.